The van der Waals surface area contributed by atoms with Crippen molar-refractivity contribution in [3.05, 3.63) is 41.1 Å². The van der Waals surface area contributed by atoms with E-state index in [1.807, 2.05) is 6.92 Å². The maximum atomic E-state index is 12.9. The number of aromatic amines is 1. The van der Waals surface area contributed by atoms with Gasteiger partial charge in [0.25, 0.3) is 0 Å². The van der Waals surface area contributed by atoms with Crippen LogP contribution in [0.15, 0.2) is 24.4 Å². The molecule has 0 aliphatic heterocycles. The van der Waals surface area contributed by atoms with E-state index in [1.165, 1.54) is 12.1 Å². The number of halogens is 2. The molecule has 1 aromatic heterocycles. The SMILES string of the molecule is CCNCc1ncc(-c2ccc(F)cc2Cl)[nH]1. The largest absolute Gasteiger partial charge is 0.341 e. The van der Waals surface area contributed by atoms with E-state index in [2.05, 4.69) is 15.3 Å². The smallest absolute Gasteiger partial charge is 0.124 e. The molecule has 3 nitrogen and oxygen atoms in total. The molecule has 1 heterocycles. The van der Waals surface area contributed by atoms with Crippen LogP contribution in [0, 0.1) is 5.82 Å². The van der Waals surface area contributed by atoms with E-state index in [-0.39, 0.29) is 5.82 Å². The van der Waals surface area contributed by atoms with Crippen molar-refractivity contribution < 1.29 is 4.39 Å². The number of hydrogen-bond acceptors (Lipinski definition) is 2. The lowest BCUT2D eigenvalue weighted by Gasteiger charge is -2.01. The summed E-state index contributed by atoms with van der Waals surface area (Å²) in [4.78, 5) is 7.37. The third kappa shape index (κ3) is 2.84. The molecule has 17 heavy (non-hydrogen) atoms. The Hall–Kier alpha value is -1.39. The van der Waals surface area contributed by atoms with E-state index in [0.29, 0.717) is 11.6 Å². The first-order chi connectivity index (χ1) is 8.20. The molecule has 90 valence electrons. The van der Waals surface area contributed by atoms with E-state index in [1.54, 1.807) is 12.3 Å². The van der Waals surface area contributed by atoms with Gasteiger partial charge in [-0.25, -0.2) is 9.37 Å². The molecule has 2 aromatic rings. The fraction of sp³-hybridized carbons (Fsp3) is 0.250. The van der Waals surface area contributed by atoms with Gasteiger partial charge in [-0.1, -0.05) is 18.5 Å². The van der Waals surface area contributed by atoms with E-state index in [0.717, 1.165) is 23.6 Å². The summed E-state index contributed by atoms with van der Waals surface area (Å²) in [6.07, 6.45) is 1.70. The number of imidazole rings is 1. The van der Waals surface area contributed by atoms with Gasteiger partial charge in [-0.15, -0.1) is 0 Å². The molecule has 0 unspecified atom stereocenters. The lowest BCUT2D eigenvalue weighted by atomic mass is 10.2. The highest BCUT2D eigenvalue weighted by molar-refractivity contribution is 6.33. The molecule has 1 aromatic carbocycles. The van der Waals surface area contributed by atoms with Crippen LogP contribution in [0.1, 0.15) is 12.7 Å². The number of benzene rings is 1. The Labute approximate surface area is 104 Å². The first-order valence-electron chi connectivity index (χ1n) is 5.40. The summed E-state index contributed by atoms with van der Waals surface area (Å²) in [5.41, 5.74) is 1.55. The number of nitrogens with one attached hydrogen (secondary N) is 2. The highest BCUT2D eigenvalue weighted by Gasteiger charge is 2.07. The molecule has 0 saturated heterocycles. The van der Waals surface area contributed by atoms with Crippen molar-refractivity contribution in [3.8, 4) is 11.3 Å². The van der Waals surface area contributed by atoms with Crippen molar-refractivity contribution in [2.45, 2.75) is 13.5 Å². The summed E-state index contributed by atoms with van der Waals surface area (Å²) in [7, 11) is 0. The van der Waals surface area contributed by atoms with Gasteiger partial charge in [0.2, 0.25) is 0 Å². The van der Waals surface area contributed by atoms with Crippen molar-refractivity contribution in [1.29, 1.82) is 0 Å². The molecule has 0 spiro atoms. The third-order valence-electron chi connectivity index (χ3n) is 2.39. The van der Waals surface area contributed by atoms with Crippen LogP contribution in [-0.4, -0.2) is 16.5 Å². The Morgan fingerprint density at radius 3 is 3.00 bits per heavy atom. The van der Waals surface area contributed by atoms with Crippen LogP contribution >= 0.6 is 11.6 Å². The molecular formula is C12H13ClFN3. The average molecular weight is 254 g/mol. The summed E-state index contributed by atoms with van der Waals surface area (Å²) in [6.45, 7) is 3.59. The monoisotopic (exact) mass is 253 g/mol. The van der Waals surface area contributed by atoms with Gasteiger partial charge in [0.1, 0.15) is 11.6 Å². The second kappa shape index (κ2) is 5.29. The average Bonchev–Trinajstić information content (AvgIpc) is 2.75. The normalized spacial score (nSPS) is 10.8. The summed E-state index contributed by atoms with van der Waals surface area (Å²) < 4.78 is 12.9. The predicted octanol–water partition coefficient (Wildman–Crippen LogP) is 2.98. The van der Waals surface area contributed by atoms with Crippen LogP contribution in [0.2, 0.25) is 5.02 Å². The zero-order chi connectivity index (χ0) is 12.3. The highest BCUT2D eigenvalue weighted by atomic mass is 35.5. The van der Waals surface area contributed by atoms with Crippen LogP contribution in [-0.2, 0) is 6.54 Å². The van der Waals surface area contributed by atoms with E-state index in [9.17, 15) is 4.39 Å². The lowest BCUT2D eigenvalue weighted by molar-refractivity contribution is 0.628. The van der Waals surface area contributed by atoms with Gasteiger partial charge in [-0.3, -0.25) is 0 Å². The minimum absolute atomic E-state index is 0.342. The number of hydrogen-bond donors (Lipinski definition) is 2. The second-order valence-electron chi connectivity index (χ2n) is 3.65. The van der Waals surface area contributed by atoms with Gasteiger partial charge in [0.05, 0.1) is 23.5 Å². The summed E-state index contributed by atoms with van der Waals surface area (Å²) >= 11 is 5.97. The second-order valence-corrected chi connectivity index (χ2v) is 4.06. The summed E-state index contributed by atoms with van der Waals surface area (Å²) in [5.74, 6) is 0.494. The van der Waals surface area contributed by atoms with Gasteiger partial charge in [0.15, 0.2) is 0 Å². The molecule has 0 radical (unpaired) electrons. The lowest BCUT2D eigenvalue weighted by Crippen LogP contribution is -2.12. The number of rotatable bonds is 4. The van der Waals surface area contributed by atoms with E-state index < -0.39 is 0 Å². The maximum Gasteiger partial charge on any atom is 0.124 e. The zero-order valence-corrected chi connectivity index (χ0v) is 10.2. The van der Waals surface area contributed by atoms with Crippen molar-refractivity contribution in [2.24, 2.45) is 0 Å². The number of aromatic nitrogens is 2. The minimum atomic E-state index is -0.342. The highest BCUT2D eigenvalue weighted by Crippen LogP contribution is 2.26. The van der Waals surface area contributed by atoms with Crippen LogP contribution in [0.4, 0.5) is 4.39 Å². The van der Waals surface area contributed by atoms with Gasteiger partial charge in [-0.05, 0) is 24.7 Å². The molecule has 0 fully saturated rings. The molecule has 5 heteroatoms. The Balaban J connectivity index is 2.24. The van der Waals surface area contributed by atoms with Crippen molar-refractivity contribution in [3.63, 3.8) is 0 Å². The Kier molecular flexibility index (Phi) is 3.76. The van der Waals surface area contributed by atoms with Crippen molar-refractivity contribution in [1.82, 2.24) is 15.3 Å². The maximum absolute atomic E-state index is 12.9. The van der Waals surface area contributed by atoms with Crippen LogP contribution in [0.5, 0.6) is 0 Å². The Bertz CT molecular complexity index is 510. The van der Waals surface area contributed by atoms with Gasteiger partial charge < -0.3 is 10.3 Å². The fourth-order valence-corrected chi connectivity index (χ4v) is 1.81. The van der Waals surface area contributed by atoms with Crippen LogP contribution < -0.4 is 5.32 Å². The zero-order valence-electron chi connectivity index (χ0n) is 9.43. The molecule has 0 atom stereocenters. The number of nitrogens with zero attached hydrogens (tertiary/aromatic N) is 1. The van der Waals surface area contributed by atoms with Crippen molar-refractivity contribution in [2.75, 3.05) is 6.54 Å². The molecule has 0 bridgehead atoms. The van der Waals surface area contributed by atoms with Gasteiger partial charge in [0, 0.05) is 5.56 Å². The standard InChI is InChI=1S/C12H13ClFN3/c1-2-15-7-12-16-6-11(17-12)9-4-3-8(14)5-10(9)13/h3-6,15H,2,7H2,1H3,(H,16,17). The Morgan fingerprint density at radius 1 is 1.47 bits per heavy atom. The molecule has 0 aliphatic carbocycles. The molecule has 0 saturated carbocycles. The molecule has 2 N–H and O–H groups in total. The van der Waals surface area contributed by atoms with E-state index >= 15 is 0 Å². The first-order valence-corrected chi connectivity index (χ1v) is 5.78. The quantitative estimate of drug-likeness (QED) is 0.880. The van der Waals surface area contributed by atoms with Gasteiger partial charge in [-0.2, -0.15) is 0 Å². The van der Waals surface area contributed by atoms with Gasteiger partial charge >= 0.3 is 0 Å². The summed E-state index contributed by atoms with van der Waals surface area (Å²) in [5, 5.41) is 3.54. The minimum Gasteiger partial charge on any atom is -0.341 e. The molecular weight excluding hydrogens is 241 g/mol. The third-order valence-corrected chi connectivity index (χ3v) is 2.70. The van der Waals surface area contributed by atoms with E-state index in [4.69, 9.17) is 11.6 Å². The molecule has 2 rings (SSSR count). The fourth-order valence-electron chi connectivity index (χ4n) is 1.54. The van der Waals surface area contributed by atoms with Crippen molar-refractivity contribution >= 4 is 11.6 Å². The van der Waals surface area contributed by atoms with Crippen LogP contribution in [0.3, 0.4) is 0 Å². The predicted molar refractivity (Wildman–Crippen MR) is 66.4 cm³/mol. The topological polar surface area (TPSA) is 40.7 Å². The summed E-state index contributed by atoms with van der Waals surface area (Å²) in [6, 6.07) is 4.32. The van der Waals surface area contributed by atoms with Crippen LogP contribution in [0.25, 0.3) is 11.3 Å². The Morgan fingerprint density at radius 2 is 2.29 bits per heavy atom. The molecule has 0 amide bonds. The first kappa shape index (κ1) is 12.1. The number of H-pyrrole nitrogens is 1. The molecule has 0 aliphatic rings.